The summed E-state index contributed by atoms with van der Waals surface area (Å²) in [6.07, 6.45) is -0.385. The minimum absolute atomic E-state index is 0.119. The van der Waals surface area contributed by atoms with Crippen molar-refractivity contribution in [3.05, 3.63) is 58.6 Å². The highest BCUT2D eigenvalue weighted by Crippen LogP contribution is 2.20. The summed E-state index contributed by atoms with van der Waals surface area (Å²) in [4.78, 5) is 23.8. The number of sulfone groups is 1. The number of anilines is 1. The first-order chi connectivity index (χ1) is 13.2. The van der Waals surface area contributed by atoms with Gasteiger partial charge < -0.3 is 10.1 Å². The molecule has 0 atom stereocenters. The highest BCUT2D eigenvalue weighted by molar-refractivity contribution is 7.91. The SMILES string of the molecule is Cc1ccc(S(=O)(=O)CCC(=O)OCC(=O)Nc2cc(Cl)ccc2C#N)cc1. The lowest BCUT2D eigenvalue weighted by Crippen LogP contribution is -2.22. The number of halogens is 1. The molecule has 2 aromatic rings. The molecule has 9 heteroatoms. The number of nitrogens with one attached hydrogen (secondary N) is 1. The minimum Gasteiger partial charge on any atom is -0.456 e. The smallest absolute Gasteiger partial charge is 0.307 e. The summed E-state index contributed by atoms with van der Waals surface area (Å²) >= 11 is 5.82. The number of hydrogen-bond acceptors (Lipinski definition) is 6. The lowest BCUT2D eigenvalue weighted by atomic mass is 10.2. The van der Waals surface area contributed by atoms with Crippen LogP contribution in [0.3, 0.4) is 0 Å². The van der Waals surface area contributed by atoms with Gasteiger partial charge in [0.1, 0.15) is 6.07 Å². The maximum absolute atomic E-state index is 12.2. The first-order valence-electron chi connectivity index (χ1n) is 8.16. The number of ether oxygens (including phenoxy) is 1. The topological polar surface area (TPSA) is 113 Å². The Morgan fingerprint density at radius 3 is 2.50 bits per heavy atom. The van der Waals surface area contributed by atoms with Crippen molar-refractivity contribution in [3.63, 3.8) is 0 Å². The molecule has 7 nitrogen and oxygen atoms in total. The maximum atomic E-state index is 12.2. The van der Waals surface area contributed by atoms with E-state index in [4.69, 9.17) is 21.6 Å². The molecular formula is C19H17ClN2O5S. The van der Waals surface area contributed by atoms with Crippen LogP contribution in [-0.2, 0) is 24.2 Å². The van der Waals surface area contributed by atoms with Crippen LogP contribution >= 0.6 is 11.6 Å². The van der Waals surface area contributed by atoms with Crippen LogP contribution in [0, 0.1) is 18.3 Å². The molecule has 28 heavy (non-hydrogen) atoms. The van der Waals surface area contributed by atoms with Gasteiger partial charge in [0.15, 0.2) is 16.4 Å². The molecule has 0 fully saturated rings. The van der Waals surface area contributed by atoms with Crippen LogP contribution in [0.2, 0.25) is 5.02 Å². The molecule has 0 saturated heterocycles. The average molecular weight is 421 g/mol. The van der Waals surface area contributed by atoms with Crippen LogP contribution in [0.25, 0.3) is 0 Å². The van der Waals surface area contributed by atoms with Gasteiger partial charge in [-0.25, -0.2) is 8.42 Å². The second kappa shape index (κ2) is 9.35. The maximum Gasteiger partial charge on any atom is 0.307 e. The number of carbonyl (C=O) groups is 2. The van der Waals surface area contributed by atoms with Gasteiger partial charge in [-0.2, -0.15) is 5.26 Å². The molecule has 0 aromatic heterocycles. The number of rotatable bonds is 7. The van der Waals surface area contributed by atoms with E-state index >= 15 is 0 Å². The molecule has 2 aromatic carbocycles. The monoisotopic (exact) mass is 420 g/mol. The molecule has 146 valence electrons. The van der Waals surface area contributed by atoms with Crippen molar-refractivity contribution in [1.82, 2.24) is 0 Å². The lowest BCUT2D eigenvalue weighted by molar-refractivity contribution is -0.146. The number of carbonyl (C=O) groups excluding carboxylic acids is 2. The van der Waals surface area contributed by atoms with E-state index in [9.17, 15) is 18.0 Å². The lowest BCUT2D eigenvalue weighted by Gasteiger charge is -2.09. The molecule has 0 aliphatic carbocycles. The van der Waals surface area contributed by atoms with Crippen LogP contribution in [0.4, 0.5) is 5.69 Å². The summed E-state index contributed by atoms with van der Waals surface area (Å²) in [5, 5.41) is 11.8. The Morgan fingerprint density at radius 2 is 1.86 bits per heavy atom. The summed E-state index contributed by atoms with van der Waals surface area (Å²) in [6.45, 7) is 1.22. The van der Waals surface area contributed by atoms with E-state index < -0.39 is 34.1 Å². The molecule has 2 rings (SSSR count). The Hall–Kier alpha value is -2.89. The number of benzene rings is 2. The molecule has 1 N–H and O–H groups in total. The first-order valence-corrected chi connectivity index (χ1v) is 10.2. The Morgan fingerprint density at radius 1 is 1.18 bits per heavy atom. The zero-order valence-corrected chi connectivity index (χ0v) is 16.5. The number of hydrogen-bond donors (Lipinski definition) is 1. The van der Waals surface area contributed by atoms with Gasteiger partial charge in [0.2, 0.25) is 0 Å². The molecule has 0 saturated carbocycles. The largest absolute Gasteiger partial charge is 0.456 e. The van der Waals surface area contributed by atoms with Crippen molar-refractivity contribution in [2.45, 2.75) is 18.2 Å². The summed E-state index contributed by atoms with van der Waals surface area (Å²) in [7, 11) is -3.63. The van der Waals surface area contributed by atoms with Crippen molar-refractivity contribution in [2.75, 3.05) is 17.7 Å². The summed E-state index contributed by atoms with van der Waals surface area (Å²) in [5.41, 5.74) is 1.31. The van der Waals surface area contributed by atoms with Gasteiger partial charge in [-0.3, -0.25) is 9.59 Å². The molecule has 0 aliphatic heterocycles. The number of amides is 1. The van der Waals surface area contributed by atoms with Crippen LogP contribution in [0.15, 0.2) is 47.4 Å². The average Bonchev–Trinajstić information content (AvgIpc) is 2.65. The van der Waals surface area contributed by atoms with Crippen molar-refractivity contribution in [2.24, 2.45) is 0 Å². The van der Waals surface area contributed by atoms with Crippen LogP contribution < -0.4 is 5.32 Å². The van der Waals surface area contributed by atoms with Crippen molar-refractivity contribution in [3.8, 4) is 6.07 Å². The third kappa shape index (κ3) is 6.08. The van der Waals surface area contributed by atoms with Gasteiger partial charge >= 0.3 is 5.97 Å². The van der Waals surface area contributed by atoms with E-state index in [0.29, 0.717) is 5.02 Å². The third-order valence-electron chi connectivity index (χ3n) is 3.70. The highest BCUT2D eigenvalue weighted by Gasteiger charge is 2.18. The molecule has 0 bridgehead atoms. The van der Waals surface area contributed by atoms with Crippen LogP contribution in [0.5, 0.6) is 0 Å². The van der Waals surface area contributed by atoms with Gasteiger partial charge in [-0.15, -0.1) is 0 Å². The van der Waals surface area contributed by atoms with E-state index in [1.807, 2.05) is 13.0 Å². The number of aryl methyl sites for hydroxylation is 1. The zero-order chi connectivity index (χ0) is 20.7. The standard InChI is InChI=1S/C19H17ClN2O5S/c1-13-2-6-16(7-3-13)28(25,26)9-8-19(24)27-12-18(23)22-17-10-15(20)5-4-14(17)11-21/h2-7,10H,8-9,12H2,1H3,(H,22,23). The first kappa shape index (κ1) is 21.4. The molecule has 0 radical (unpaired) electrons. The summed E-state index contributed by atoms with van der Waals surface area (Å²) in [5.74, 6) is -1.92. The zero-order valence-electron chi connectivity index (χ0n) is 14.9. The Balaban J connectivity index is 1.85. The normalized spacial score (nSPS) is 10.8. The van der Waals surface area contributed by atoms with E-state index in [-0.39, 0.29) is 22.6 Å². The quantitative estimate of drug-likeness (QED) is 0.689. The summed E-state index contributed by atoms with van der Waals surface area (Å²) in [6, 6.07) is 12.5. The van der Waals surface area contributed by atoms with Crippen molar-refractivity contribution < 1.29 is 22.7 Å². The summed E-state index contributed by atoms with van der Waals surface area (Å²) < 4.78 is 29.2. The predicted molar refractivity (Wildman–Crippen MR) is 104 cm³/mol. The third-order valence-corrected chi connectivity index (χ3v) is 5.66. The van der Waals surface area contributed by atoms with E-state index in [1.54, 1.807) is 12.1 Å². The highest BCUT2D eigenvalue weighted by atomic mass is 35.5. The van der Waals surface area contributed by atoms with E-state index in [2.05, 4.69) is 5.32 Å². The second-order valence-corrected chi connectivity index (χ2v) is 8.44. The fourth-order valence-electron chi connectivity index (χ4n) is 2.20. The van der Waals surface area contributed by atoms with E-state index in [1.165, 1.54) is 30.3 Å². The molecular weight excluding hydrogens is 404 g/mol. The van der Waals surface area contributed by atoms with Gasteiger partial charge in [0.05, 0.1) is 28.3 Å². The fourth-order valence-corrected chi connectivity index (χ4v) is 3.60. The minimum atomic E-state index is -3.63. The predicted octanol–water partition coefficient (Wildman–Crippen LogP) is 2.87. The second-order valence-electron chi connectivity index (χ2n) is 5.89. The van der Waals surface area contributed by atoms with Crippen molar-refractivity contribution >= 4 is 39.0 Å². The van der Waals surface area contributed by atoms with Gasteiger partial charge in [0.25, 0.3) is 5.91 Å². The van der Waals surface area contributed by atoms with Crippen molar-refractivity contribution in [1.29, 1.82) is 5.26 Å². The molecule has 0 spiro atoms. The molecule has 0 unspecified atom stereocenters. The Kier molecular flexibility index (Phi) is 7.15. The van der Waals surface area contributed by atoms with E-state index in [0.717, 1.165) is 5.56 Å². The molecule has 0 heterocycles. The van der Waals surface area contributed by atoms with Gasteiger partial charge in [-0.1, -0.05) is 29.3 Å². The van der Waals surface area contributed by atoms with Gasteiger partial charge in [0, 0.05) is 5.02 Å². The Labute approximate surface area is 167 Å². The van der Waals surface area contributed by atoms with Gasteiger partial charge in [-0.05, 0) is 37.3 Å². The van der Waals surface area contributed by atoms with Crippen LogP contribution in [0.1, 0.15) is 17.5 Å². The molecule has 1 amide bonds. The number of nitriles is 1. The molecule has 0 aliphatic rings. The Bertz CT molecular complexity index is 1030. The fraction of sp³-hybridized carbons (Fsp3) is 0.211. The number of esters is 1. The number of nitrogens with zero attached hydrogens (tertiary/aromatic N) is 1. The van der Waals surface area contributed by atoms with Crippen LogP contribution in [-0.4, -0.2) is 32.7 Å².